The minimum atomic E-state index is 0.899. The first-order valence-electron chi connectivity index (χ1n) is 16.7. The summed E-state index contributed by atoms with van der Waals surface area (Å²) >= 11 is 0. The van der Waals surface area contributed by atoms with Crippen molar-refractivity contribution in [3.63, 3.8) is 0 Å². The largest absolute Gasteiger partial charge is 0.456 e. The number of benzene rings is 8. The second-order valence-electron chi connectivity index (χ2n) is 12.6. The van der Waals surface area contributed by atoms with Crippen LogP contribution in [0.2, 0.25) is 0 Å². The summed E-state index contributed by atoms with van der Waals surface area (Å²) in [7, 11) is 0. The molecule has 0 bridgehead atoms. The fraction of sp³-hybridized carbons (Fsp3) is 0. The molecule has 0 saturated heterocycles. The zero-order valence-electron chi connectivity index (χ0n) is 26.9. The van der Waals surface area contributed by atoms with Crippen molar-refractivity contribution in [1.82, 2.24) is 0 Å². The van der Waals surface area contributed by atoms with Crippen molar-refractivity contribution in [3.8, 4) is 66.8 Å². The zero-order chi connectivity index (χ0) is 32.6. The number of hydrogen-bond acceptors (Lipinski definition) is 1. The van der Waals surface area contributed by atoms with E-state index in [0.29, 0.717) is 0 Å². The molecule has 0 unspecified atom stereocenters. The van der Waals surface area contributed by atoms with Crippen LogP contribution in [0.3, 0.4) is 0 Å². The van der Waals surface area contributed by atoms with Crippen LogP contribution in [0.1, 0.15) is 0 Å². The van der Waals surface area contributed by atoms with Crippen LogP contribution in [-0.4, -0.2) is 0 Å². The van der Waals surface area contributed by atoms with E-state index < -0.39 is 0 Å². The first-order chi connectivity index (χ1) is 24.2. The van der Waals surface area contributed by atoms with E-state index >= 15 is 0 Å². The Hall–Kier alpha value is -6.44. The lowest BCUT2D eigenvalue weighted by molar-refractivity contribution is 0.669. The van der Waals surface area contributed by atoms with Crippen molar-refractivity contribution in [1.29, 1.82) is 0 Å². The van der Waals surface area contributed by atoms with Gasteiger partial charge >= 0.3 is 0 Å². The Morgan fingerprint density at radius 1 is 0.204 bits per heavy atom. The molecule has 1 nitrogen and oxygen atoms in total. The summed E-state index contributed by atoms with van der Waals surface area (Å²) in [5.41, 5.74) is 16.2. The van der Waals surface area contributed by atoms with Crippen molar-refractivity contribution in [2.24, 2.45) is 0 Å². The van der Waals surface area contributed by atoms with Gasteiger partial charge in [0.2, 0.25) is 0 Å². The summed E-state index contributed by atoms with van der Waals surface area (Å²) in [5, 5.41) is 2.25. The third-order valence-corrected chi connectivity index (χ3v) is 9.51. The van der Waals surface area contributed by atoms with E-state index in [1.54, 1.807) is 0 Å². The summed E-state index contributed by atoms with van der Waals surface area (Å²) in [6.45, 7) is 0. The summed E-state index contributed by atoms with van der Waals surface area (Å²) < 4.78 is 6.32. The zero-order valence-corrected chi connectivity index (χ0v) is 26.9. The van der Waals surface area contributed by atoms with Gasteiger partial charge in [-0.15, -0.1) is 0 Å². The predicted octanol–water partition coefficient (Wildman–Crippen LogP) is 13.6. The molecule has 0 spiro atoms. The molecule has 230 valence electrons. The van der Waals surface area contributed by atoms with Crippen LogP contribution >= 0.6 is 0 Å². The average molecular weight is 625 g/mol. The van der Waals surface area contributed by atoms with Gasteiger partial charge in [0.25, 0.3) is 0 Å². The van der Waals surface area contributed by atoms with Crippen molar-refractivity contribution in [3.05, 3.63) is 194 Å². The summed E-state index contributed by atoms with van der Waals surface area (Å²) in [6.07, 6.45) is 0. The molecule has 0 aliphatic rings. The highest BCUT2D eigenvalue weighted by molar-refractivity contribution is 6.07. The Balaban J connectivity index is 1.03. The Kier molecular flexibility index (Phi) is 7.22. The second-order valence-corrected chi connectivity index (χ2v) is 12.6. The standard InChI is InChI=1S/C48H32O/c1-3-9-33(10-4-1)35-17-21-37(22-18-35)39-13-7-15-41(29-39)43-25-27-47-45(31-43)46-32-44(26-28-48(46)49-47)42-16-8-14-40(30-42)38-23-19-36(20-24-38)34-11-5-2-6-12-34/h1-32H. The highest BCUT2D eigenvalue weighted by Gasteiger charge is 2.12. The quantitative estimate of drug-likeness (QED) is 0.179. The highest BCUT2D eigenvalue weighted by Crippen LogP contribution is 2.37. The normalized spacial score (nSPS) is 11.3. The van der Waals surface area contributed by atoms with Crippen LogP contribution in [0.15, 0.2) is 199 Å². The van der Waals surface area contributed by atoms with Gasteiger partial charge in [-0.3, -0.25) is 0 Å². The molecule has 0 radical (unpaired) electrons. The Labute approximate surface area is 286 Å². The molecule has 9 rings (SSSR count). The SMILES string of the molecule is c1ccc(-c2ccc(-c3cccc(-c4ccc5oc6ccc(-c7cccc(-c8ccc(-c9ccccc9)cc8)c7)cc6c5c4)c3)cc2)cc1. The molecule has 0 fully saturated rings. The van der Waals surface area contributed by atoms with Crippen LogP contribution in [0.25, 0.3) is 88.7 Å². The fourth-order valence-corrected chi connectivity index (χ4v) is 6.86. The molecule has 0 amide bonds. The molecule has 9 aromatic rings. The van der Waals surface area contributed by atoms with Crippen molar-refractivity contribution < 1.29 is 4.42 Å². The van der Waals surface area contributed by atoms with Crippen LogP contribution in [0, 0.1) is 0 Å². The number of rotatable bonds is 6. The second kappa shape index (κ2) is 12.3. The van der Waals surface area contributed by atoms with Gasteiger partial charge in [-0.1, -0.05) is 158 Å². The predicted molar refractivity (Wildman–Crippen MR) is 206 cm³/mol. The minimum Gasteiger partial charge on any atom is -0.456 e. The molecular weight excluding hydrogens is 593 g/mol. The molecular formula is C48H32O. The lowest BCUT2D eigenvalue weighted by Crippen LogP contribution is -1.83. The fourth-order valence-electron chi connectivity index (χ4n) is 6.86. The van der Waals surface area contributed by atoms with Gasteiger partial charge < -0.3 is 4.42 Å². The van der Waals surface area contributed by atoms with Crippen molar-refractivity contribution in [2.45, 2.75) is 0 Å². The molecule has 0 atom stereocenters. The number of fused-ring (bicyclic) bond motifs is 3. The topological polar surface area (TPSA) is 13.1 Å². The van der Waals surface area contributed by atoms with E-state index in [1.807, 2.05) is 0 Å². The van der Waals surface area contributed by atoms with Crippen LogP contribution in [0.5, 0.6) is 0 Å². The molecule has 8 aromatic carbocycles. The van der Waals surface area contributed by atoms with Crippen molar-refractivity contribution in [2.75, 3.05) is 0 Å². The van der Waals surface area contributed by atoms with Gasteiger partial charge in [0, 0.05) is 10.8 Å². The monoisotopic (exact) mass is 624 g/mol. The number of furan rings is 1. The van der Waals surface area contributed by atoms with E-state index in [4.69, 9.17) is 4.42 Å². The molecule has 1 heterocycles. The van der Waals surface area contributed by atoms with Gasteiger partial charge in [0.1, 0.15) is 11.2 Å². The molecule has 0 aliphatic heterocycles. The number of hydrogen-bond donors (Lipinski definition) is 0. The Bertz CT molecular complexity index is 2380. The van der Waals surface area contributed by atoms with Crippen LogP contribution in [0.4, 0.5) is 0 Å². The van der Waals surface area contributed by atoms with E-state index in [1.165, 1.54) is 66.8 Å². The van der Waals surface area contributed by atoms with Gasteiger partial charge in [0.05, 0.1) is 0 Å². The Morgan fingerprint density at radius 3 is 0.857 bits per heavy atom. The van der Waals surface area contributed by atoms with Gasteiger partial charge in [0.15, 0.2) is 0 Å². The van der Waals surface area contributed by atoms with E-state index in [-0.39, 0.29) is 0 Å². The third kappa shape index (κ3) is 5.62. The average Bonchev–Trinajstić information content (AvgIpc) is 3.56. The molecule has 0 saturated carbocycles. The summed E-state index contributed by atoms with van der Waals surface area (Å²) in [4.78, 5) is 0. The van der Waals surface area contributed by atoms with Crippen LogP contribution < -0.4 is 0 Å². The molecule has 1 heteroatoms. The lowest BCUT2D eigenvalue weighted by Gasteiger charge is -2.08. The van der Waals surface area contributed by atoms with Gasteiger partial charge in [-0.05, 0) is 103 Å². The molecule has 0 N–H and O–H groups in total. The first kappa shape index (κ1) is 28.8. The third-order valence-electron chi connectivity index (χ3n) is 9.51. The van der Waals surface area contributed by atoms with E-state index in [9.17, 15) is 0 Å². The maximum atomic E-state index is 6.32. The summed E-state index contributed by atoms with van der Waals surface area (Å²) in [6, 6.07) is 69.4. The summed E-state index contributed by atoms with van der Waals surface area (Å²) in [5.74, 6) is 0. The van der Waals surface area contributed by atoms with Gasteiger partial charge in [-0.25, -0.2) is 0 Å². The first-order valence-corrected chi connectivity index (χ1v) is 16.7. The maximum absolute atomic E-state index is 6.32. The van der Waals surface area contributed by atoms with Crippen LogP contribution in [-0.2, 0) is 0 Å². The molecule has 1 aromatic heterocycles. The highest BCUT2D eigenvalue weighted by atomic mass is 16.3. The smallest absolute Gasteiger partial charge is 0.135 e. The van der Waals surface area contributed by atoms with E-state index in [0.717, 1.165) is 21.9 Å². The Morgan fingerprint density at radius 2 is 0.469 bits per heavy atom. The van der Waals surface area contributed by atoms with Crippen molar-refractivity contribution >= 4 is 21.9 Å². The van der Waals surface area contributed by atoms with Gasteiger partial charge in [-0.2, -0.15) is 0 Å². The minimum absolute atomic E-state index is 0.899. The molecule has 0 aliphatic carbocycles. The van der Waals surface area contributed by atoms with E-state index in [2.05, 4.69) is 194 Å². The maximum Gasteiger partial charge on any atom is 0.135 e. The molecule has 49 heavy (non-hydrogen) atoms. The lowest BCUT2D eigenvalue weighted by atomic mass is 9.95.